The molecule has 0 radical (unpaired) electrons. The first-order valence-electron chi connectivity index (χ1n) is 7.76. The van der Waals surface area contributed by atoms with Crippen molar-refractivity contribution >= 4 is 32.2 Å². The molecule has 26 heavy (non-hydrogen) atoms. The van der Waals surface area contributed by atoms with E-state index in [1.54, 1.807) is 30.3 Å². The van der Waals surface area contributed by atoms with Crippen LogP contribution in [0.1, 0.15) is 31.9 Å². The van der Waals surface area contributed by atoms with Gasteiger partial charge in [0, 0.05) is 0 Å². The second kappa shape index (κ2) is 7.67. The van der Waals surface area contributed by atoms with Crippen LogP contribution in [0.4, 0.5) is 0 Å². The van der Waals surface area contributed by atoms with E-state index in [-0.39, 0.29) is 21.8 Å². The van der Waals surface area contributed by atoms with Gasteiger partial charge in [0.15, 0.2) is 11.5 Å². The van der Waals surface area contributed by atoms with Crippen molar-refractivity contribution in [1.29, 1.82) is 0 Å². The quantitative estimate of drug-likeness (QED) is 0.546. The number of hydrogen-bond acceptors (Lipinski definition) is 5. The Balaban J connectivity index is 2.18. The Hall–Kier alpha value is -2.06. The molecule has 0 fully saturated rings. The molecule has 0 bridgehead atoms. The normalized spacial score (nSPS) is 12.3. The van der Waals surface area contributed by atoms with Gasteiger partial charge in [0.05, 0.1) is 22.7 Å². The Morgan fingerprint density at radius 3 is 2.35 bits per heavy atom. The molecule has 0 aliphatic heterocycles. The number of nitrogens with zero attached hydrogens (tertiary/aromatic N) is 1. The van der Waals surface area contributed by atoms with Crippen molar-refractivity contribution in [3.8, 4) is 11.5 Å². The number of methoxy groups -OCH3 is 1. The molecule has 2 N–H and O–H groups in total. The Labute approximate surface area is 162 Å². The molecule has 0 aromatic heterocycles. The van der Waals surface area contributed by atoms with Crippen LogP contribution < -0.4 is 9.57 Å². The fourth-order valence-electron chi connectivity index (χ4n) is 2.18. The van der Waals surface area contributed by atoms with Gasteiger partial charge in [-0.1, -0.05) is 32.9 Å². The van der Waals surface area contributed by atoms with E-state index < -0.39 is 10.0 Å². The Bertz CT molecular complexity index is 917. The highest BCUT2D eigenvalue weighted by Gasteiger charge is 2.17. The average molecular weight is 441 g/mol. The van der Waals surface area contributed by atoms with Crippen LogP contribution in [0.25, 0.3) is 0 Å². The zero-order chi connectivity index (χ0) is 19.5. The summed E-state index contributed by atoms with van der Waals surface area (Å²) in [6, 6.07) is 9.82. The van der Waals surface area contributed by atoms with Crippen LogP contribution in [-0.2, 0) is 15.4 Å². The van der Waals surface area contributed by atoms with Crippen LogP contribution in [0.3, 0.4) is 0 Å². The maximum atomic E-state index is 12.3. The smallest absolute Gasteiger partial charge is 0.276 e. The molecular formula is C18H21BrN2O4S. The van der Waals surface area contributed by atoms with E-state index in [1.165, 1.54) is 19.4 Å². The lowest BCUT2D eigenvalue weighted by atomic mass is 9.87. The van der Waals surface area contributed by atoms with E-state index >= 15 is 0 Å². The first-order chi connectivity index (χ1) is 12.0. The number of benzene rings is 2. The molecule has 0 aliphatic carbocycles. The SMILES string of the molecule is COc1cc(/C=N/NS(=O)(=O)c2ccc(C(C)(C)C)cc2)cc(Br)c1O. The predicted octanol–water partition coefficient (Wildman–Crippen LogP) is 3.77. The van der Waals surface area contributed by atoms with Gasteiger partial charge in [-0.2, -0.15) is 13.5 Å². The topological polar surface area (TPSA) is 88.0 Å². The number of ether oxygens (including phenoxy) is 1. The van der Waals surface area contributed by atoms with Gasteiger partial charge in [-0.25, -0.2) is 4.83 Å². The minimum Gasteiger partial charge on any atom is -0.503 e. The summed E-state index contributed by atoms with van der Waals surface area (Å²) in [5.74, 6) is 0.214. The Kier molecular flexibility index (Phi) is 5.98. The molecule has 2 aromatic carbocycles. The van der Waals surface area contributed by atoms with Gasteiger partial charge in [-0.15, -0.1) is 0 Å². The standard InChI is InChI=1S/C18H21BrN2O4S/c1-18(2,3)13-5-7-14(8-6-13)26(23,24)21-20-11-12-9-15(19)17(22)16(10-12)25-4/h5-11,21-22H,1-4H3/b20-11+. The van der Waals surface area contributed by atoms with Crippen molar-refractivity contribution in [2.24, 2.45) is 5.10 Å². The minimum absolute atomic E-state index is 0.0378. The highest BCUT2D eigenvalue weighted by atomic mass is 79.9. The molecule has 2 aromatic rings. The van der Waals surface area contributed by atoms with Gasteiger partial charge in [0.1, 0.15) is 0 Å². The summed E-state index contributed by atoms with van der Waals surface area (Å²) >= 11 is 3.20. The second-order valence-corrected chi connectivity index (χ2v) is 9.20. The molecule has 8 heteroatoms. The lowest BCUT2D eigenvalue weighted by Gasteiger charge is -2.19. The number of nitrogens with one attached hydrogen (secondary N) is 1. The molecule has 2 rings (SSSR count). The summed E-state index contributed by atoms with van der Waals surface area (Å²) in [5.41, 5.74) is 1.54. The number of hydrazone groups is 1. The fraction of sp³-hybridized carbons (Fsp3) is 0.278. The number of aromatic hydroxyl groups is 1. The van der Waals surface area contributed by atoms with Crippen molar-refractivity contribution < 1.29 is 18.3 Å². The van der Waals surface area contributed by atoms with Crippen molar-refractivity contribution in [1.82, 2.24) is 4.83 Å². The second-order valence-electron chi connectivity index (χ2n) is 6.68. The first-order valence-corrected chi connectivity index (χ1v) is 10.0. The third kappa shape index (κ3) is 4.76. The predicted molar refractivity (Wildman–Crippen MR) is 105 cm³/mol. The number of halogens is 1. The summed E-state index contributed by atoms with van der Waals surface area (Å²) in [7, 11) is -2.34. The van der Waals surface area contributed by atoms with Gasteiger partial charge in [0.25, 0.3) is 10.0 Å². The number of rotatable bonds is 5. The maximum absolute atomic E-state index is 12.3. The van der Waals surface area contributed by atoms with Crippen molar-refractivity contribution in [2.45, 2.75) is 31.1 Å². The molecule has 0 unspecified atom stereocenters. The van der Waals surface area contributed by atoms with Crippen molar-refractivity contribution in [2.75, 3.05) is 7.11 Å². The van der Waals surface area contributed by atoms with Crippen LogP contribution in [-0.4, -0.2) is 26.8 Å². The largest absolute Gasteiger partial charge is 0.503 e. The van der Waals surface area contributed by atoms with E-state index in [1.807, 2.05) is 0 Å². The zero-order valence-electron chi connectivity index (χ0n) is 14.9. The Morgan fingerprint density at radius 2 is 1.81 bits per heavy atom. The molecule has 140 valence electrons. The van der Waals surface area contributed by atoms with E-state index in [0.717, 1.165) is 5.56 Å². The Morgan fingerprint density at radius 1 is 1.19 bits per heavy atom. The van der Waals surface area contributed by atoms with E-state index in [4.69, 9.17) is 4.74 Å². The number of sulfonamides is 1. The van der Waals surface area contributed by atoms with Gasteiger partial charge < -0.3 is 9.84 Å². The van der Waals surface area contributed by atoms with Crippen LogP contribution >= 0.6 is 15.9 Å². The molecule has 0 atom stereocenters. The maximum Gasteiger partial charge on any atom is 0.276 e. The van der Waals surface area contributed by atoms with Crippen LogP contribution in [0.15, 0.2) is 50.9 Å². The van der Waals surface area contributed by atoms with Crippen molar-refractivity contribution in [3.63, 3.8) is 0 Å². The third-order valence-corrected chi connectivity index (χ3v) is 5.53. The van der Waals surface area contributed by atoms with Crippen molar-refractivity contribution in [3.05, 3.63) is 52.0 Å². The molecule has 0 amide bonds. The summed E-state index contributed by atoms with van der Waals surface area (Å²) in [6.07, 6.45) is 1.33. The van der Waals surface area contributed by atoms with Crippen LogP contribution in [0, 0.1) is 0 Å². The summed E-state index contributed by atoms with van der Waals surface area (Å²) in [5, 5.41) is 13.6. The number of phenols is 1. The molecule has 6 nitrogen and oxygen atoms in total. The molecular weight excluding hydrogens is 420 g/mol. The zero-order valence-corrected chi connectivity index (χ0v) is 17.3. The first kappa shape index (κ1) is 20.3. The van der Waals surface area contributed by atoms with Gasteiger partial charge in [-0.05, 0) is 56.7 Å². The van der Waals surface area contributed by atoms with E-state index in [0.29, 0.717) is 10.0 Å². The summed E-state index contributed by atoms with van der Waals surface area (Å²) in [4.78, 5) is 2.31. The average Bonchev–Trinajstić information content (AvgIpc) is 2.57. The van der Waals surface area contributed by atoms with E-state index in [9.17, 15) is 13.5 Å². The summed E-state index contributed by atoms with van der Waals surface area (Å²) in [6.45, 7) is 6.18. The van der Waals surface area contributed by atoms with Crippen LogP contribution in [0.5, 0.6) is 11.5 Å². The highest BCUT2D eigenvalue weighted by molar-refractivity contribution is 9.10. The number of hydrogen-bond donors (Lipinski definition) is 2. The lowest BCUT2D eigenvalue weighted by molar-refractivity contribution is 0.372. The molecule has 0 saturated carbocycles. The molecule has 0 saturated heterocycles. The van der Waals surface area contributed by atoms with E-state index in [2.05, 4.69) is 46.6 Å². The minimum atomic E-state index is -3.77. The van der Waals surface area contributed by atoms with Gasteiger partial charge in [0.2, 0.25) is 0 Å². The fourth-order valence-corrected chi connectivity index (χ4v) is 3.43. The number of phenolic OH excluding ortho intramolecular Hbond substituents is 1. The molecule has 0 heterocycles. The monoisotopic (exact) mass is 440 g/mol. The lowest BCUT2D eigenvalue weighted by Crippen LogP contribution is -2.19. The summed E-state index contributed by atoms with van der Waals surface area (Å²) < 4.78 is 30.1. The molecule has 0 aliphatic rings. The van der Waals surface area contributed by atoms with Crippen LogP contribution in [0.2, 0.25) is 0 Å². The third-order valence-electron chi connectivity index (χ3n) is 3.69. The van der Waals surface area contributed by atoms with Gasteiger partial charge >= 0.3 is 0 Å². The highest BCUT2D eigenvalue weighted by Crippen LogP contribution is 2.34. The van der Waals surface area contributed by atoms with Gasteiger partial charge in [-0.3, -0.25) is 0 Å². The molecule has 0 spiro atoms.